The number of hydrogen-bond donors (Lipinski definition) is 1. The van der Waals surface area contributed by atoms with Crippen molar-refractivity contribution >= 4 is 11.4 Å². The van der Waals surface area contributed by atoms with Crippen molar-refractivity contribution in [2.45, 2.75) is 26.2 Å². The van der Waals surface area contributed by atoms with E-state index in [-0.39, 0.29) is 5.82 Å². The second-order valence-electron chi connectivity index (χ2n) is 4.73. The van der Waals surface area contributed by atoms with E-state index in [9.17, 15) is 4.39 Å². The zero-order chi connectivity index (χ0) is 11.5. The van der Waals surface area contributed by atoms with Gasteiger partial charge in [-0.1, -0.05) is 6.92 Å². The Kier molecular flexibility index (Phi) is 3.32. The van der Waals surface area contributed by atoms with Crippen LogP contribution in [0.15, 0.2) is 18.2 Å². The predicted molar refractivity (Wildman–Crippen MR) is 66.0 cm³/mol. The number of rotatable bonds is 1. The monoisotopic (exact) mass is 222 g/mol. The highest BCUT2D eigenvalue weighted by molar-refractivity contribution is 5.67. The summed E-state index contributed by atoms with van der Waals surface area (Å²) in [4.78, 5) is 2.21. The molecule has 1 aliphatic heterocycles. The molecular formula is C13H19FN2. The molecule has 0 aromatic heterocycles. The molecule has 1 aromatic carbocycles. The lowest BCUT2D eigenvalue weighted by atomic mass is 10.0. The molecular weight excluding hydrogens is 203 g/mol. The van der Waals surface area contributed by atoms with Crippen molar-refractivity contribution < 1.29 is 4.39 Å². The van der Waals surface area contributed by atoms with Gasteiger partial charge in [-0.3, -0.25) is 0 Å². The Bertz CT molecular complexity index is 365. The third-order valence-electron chi connectivity index (χ3n) is 3.35. The van der Waals surface area contributed by atoms with Crippen LogP contribution in [0.4, 0.5) is 15.8 Å². The summed E-state index contributed by atoms with van der Waals surface area (Å²) in [6, 6.07) is 4.61. The van der Waals surface area contributed by atoms with Crippen molar-refractivity contribution in [1.29, 1.82) is 0 Å². The molecule has 0 spiro atoms. The Hall–Kier alpha value is -1.25. The predicted octanol–water partition coefficient (Wildman–Crippen LogP) is 3.03. The third kappa shape index (κ3) is 2.46. The van der Waals surface area contributed by atoms with Gasteiger partial charge in [-0.05, 0) is 43.4 Å². The molecule has 2 N–H and O–H groups in total. The van der Waals surface area contributed by atoms with E-state index in [1.54, 1.807) is 12.1 Å². The van der Waals surface area contributed by atoms with Crippen molar-refractivity contribution in [3.8, 4) is 0 Å². The van der Waals surface area contributed by atoms with Crippen molar-refractivity contribution in [3.63, 3.8) is 0 Å². The van der Waals surface area contributed by atoms with Crippen LogP contribution in [0.5, 0.6) is 0 Å². The lowest BCUT2D eigenvalue weighted by Gasteiger charge is -2.24. The van der Waals surface area contributed by atoms with Crippen LogP contribution in [0.1, 0.15) is 26.2 Å². The Morgan fingerprint density at radius 1 is 1.31 bits per heavy atom. The van der Waals surface area contributed by atoms with Gasteiger partial charge in [-0.2, -0.15) is 0 Å². The molecule has 0 amide bonds. The molecule has 1 unspecified atom stereocenters. The van der Waals surface area contributed by atoms with Crippen molar-refractivity contribution in [2.75, 3.05) is 23.7 Å². The summed E-state index contributed by atoms with van der Waals surface area (Å²) >= 11 is 0. The number of anilines is 2. The lowest BCUT2D eigenvalue weighted by molar-refractivity contribution is 0.521. The fourth-order valence-electron chi connectivity index (χ4n) is 2.29. The Balaban J connectivity index is 2.19. The number of nitrogens with two attached hydrogens (primary N) is 1. The van der Waals surface area contributed by atoms with Crippen LogP contribution >= 0.6 is 0 Å². The minimum Gasteiger partial charge on any atom is -0.397 e. The molecule has 1 aliphatic rings. The first kappa shape index (κ1) is 11.2. The number of benzene rings is 1. The summed E-state index contributed by atoms with van der Waals surface area (Å²) < 4.78 is 13.2. The van der Waals surface area contributed by atoms with E-state index in [2.05, 4.69) is 11.8 Å². The highest BCUT2D eigenvalue weighted by Gasteiger charge is 2.16. The quantitative estimate of drug-likeness (QED) is 0.740. The van der Waals surface area contributed by atoms with Gasteiger partial charge in [0.1, 0.15) is 5.82 Å². The number of hydrogen-bond acceptors (Lipinski definition) is 2. The van der Waals surface area contributed by atoms with E-state index in [1.807, 2.05) is 0 Å². The minimum absolute atomic E-state index is 0.207. The fraction of sp³-hybridized carbons (Fsp3) is 0.538. The van der Waals surface area contributed by atoms with Crippen LogP contribution in [0.25, 0.3) is 0 Å². The molecule has 2 rings (SSSR count). The largest absolute Gasteiger partial charge is 0.397 e. The minimum atomic E-state index is -0.207. The summed E-state index contributed by atoms with van der Waals surface area (Å²) in [7, 11) is 0. The SMILES string of the molecule is CC1CCCN(c2cc(F)ccc2N)CC1. The molecule has 3 heteroatoms. The van der Waals surface area contributed by atoms with Gasteiger partial charge in [0.15, 0.2) is 0 Å². The van der Waals surface area contributed by atoms with Gasteiger partial charge < -0.3 is 10.6 Å². The second kappa shape index (κ2) is 4.73. The molecule has 16 heavy (non-hydrogen) atoms. The van der Waals surface area contributed by atoms with Gasteiger partial charge in [-0.15, -0.1) is 0 Å². The molecule has 1 heterocycles. The highest BCUT2D eigenvalue weighted by atomic mass is 19.1. The molecule has 1 fully saturated rings. The van der Waals surface area contributed by atoms with E-state index in [0.29, 0.717) is 5.69 Å². The zero-order valence-electron chi connectivity index (χ0n) is 9.75. The third-order valence-corrected chi connectivity index (χ3v) is 3.35. The highest BCUT2D eigenvalue weighted by Crippen LogP contribution is 2.27. The topological polar surface area (TPSA) is 29.3 Å². The van der Waals surface area contributed by atoms with Gasteiger partial charge in [-0.25, -0.2) is 4.39 Å². The van der Waals surface area contributed by atoms with E-state index < -0.39 is 0 Å². The first-order valence-electron chi connectivity index (χ1n) is 5.97. The maximum Gasteiger partial charge on any atom is 0.125 e. The molecule has 1 saturated heterocycles. The molecule has 88 valence electrons. The van der Waals surface area contributed by atoms with Crippen LogP contribution in [-0.2, 0) is 0 Å². The fourth-order valence-corrected chi connectivity index (χ4v) is 2.29. The molecule has 0 aliphatic carbocycles. The van der Waals surface area contributed by atoms with Crippen LogP contribution in [0, 0.1) is 11.7 Å². The van der Waals surface area contributed by atoms with E-state index in [1.165, 1.54) is 12.5 Å². The Morgan fingerprint density at radius 2 is 2.12 bits per heavy atom. The van der Waals surface area contributed by atoms with Crippen LogP contribution in [0.3, 0.4) is 0 Å². The summed E-state index contributed by atoms with van der Waals surface area (Å²) in [5, 5.41) is 0. The number of nitrogens with zero attached hydrogens (tertiary/aromatic N) is 1. The van der Waals surface area contributed by atoms with E-state index in [0.717, 1.165) is 37.5 Å². The van der Waals surface area contributed by atoms with Gasteiger partial charge >= 0.3 is 0 Å². The molecule has 0 saturated carbocycles. The second-order valence-corrected chi connectivity index (χ2v) is 4.73. The summed E-state index contributed by atoms with van der Waals surface area (Å²) in [6.45, 7) is 4.24. The van der Waals surface area contributed by atoms with Crippen LogP contribution in [-0.4, -0.2) is 13.1 Å². The normalized spacial score (nSPS) is 21.9. The van der Waals surface area contributed by atoms with Gasteiger partial charge in [0, 0.05) is 13.1 Å². The average molecular weight is 222 g/mol. The van der Waals surface area contributed by atoms with Gasteiger partial charge in [0.05, 0.1) is 11.4 Å². The van der Waals surface area contributed by atoms with Crippen LogP contribution < -0.4 is 10.6 Å². The smallest absolute Gasteiger partial charge is 0.125 e. The first-order chi connectivity index (χ1) is 7.66. The van der Waals surface area contributed by atoms with Gasteiger partial charge in [0.25, 0.3) is 0 Å². The lowest BCUT2D eigenvalue weighted by Crippen LogP contribution is -2.25. The average Bonchev–Trinajstić information content (AvgIpc) is 2.47. The molecule has 0 bridgehead atoms. The first-order valence-corrected chi connectivity index (χ1v) is 5.97. The Morgan fingerprint density at radius 3 is 2.94 bits per heavy atom. The zero-order valence-corrected chi connectivity index (χ0v) is 9.75. The maximum atomic E-state index is 13.2. The number of nitrogen functional groups attached to an aromatic ring is 1. The van der Waals surface area contributed by atoms with E-state index >= 15 is 0 Å². The van der Waals surface area contributed by atoms with Crippen molar-refractivity contribution in [2.24, 2.45) is 5.92 Å². The summed E-state index contributed by atoms with van der Waals surface area (Å²) in [6.07, 6.45) is 3.58. The van der Waals surface area contributed by atoms with E-state index in [4.69, 9.17) is 5.73 Å². The summed E-state index contributed by atoms with van der Waals surface area (Å²) in [5.74, 6) is 0.557. The molecule has 0 radical (unpaired) electrons. The number of halogens is 1. The molecule has 1 atom stereocenters. The molecule has 1 aromatic rings. The van der Waals surface area contributed by atoms with Crippen LogP contribution in [0.2, 0.25) is 0 Å². The summed E-state index contributed by atoms with van der Waals surface area (Å²) in [5.41, 5.74) is 7.43. The van der Waals surface area contributed by atoms with Gasteiger partial charge in [0.2, 0.25) is 0 Å². The molecule has 2 nitrogen and oxygen atoms in total. The van der Waals surface area contributed by atoms with Crippen molar-refractivity contribution in [3.05, 3.63) is 24.0 Å². The standard InChI is InChI=1S/C13H19FN2/c1-10-3-2-7-16(8-6-10)13-9-11(14)4-5-12(13)15/h4-5,9-10H,2-3,6-8,15H2,1H3. The van der Waals surface area contributed by atoms with Crippen molar-refractivity contribution in [1.82, 2.24) is 0 Å². The maximum absolute atomic E-state index is 13.2. The Labute approximate surface area is 96.2 Å².